The molecule has 0 saturated carbocycles. The number of carboxylic acid groups (broad SMARTS) is 2. The second-order valence-electron chi connectivity index (χ2n) is 4.36. The van der Waals surface area contributed by atoms with Crippen LogP contribution in [0, 0.1) is 0 Å². The van der Waals surface area contributed by atoms with Gasteiger partial charge in [-0.05, 0) is 36.4 Å². The van der Waals surface area contributed by atoms with Crippen LogP contribution in [0.15, 0.2) is 36.4 Å². The summed E-state index contributed by atoms with van der Waals surface area (Å²) in [6.07, 6.45) is 0. The van der Waals surface area contributed by atoms with E-state index in [2.05, 4.69) is 4.74 Å². The molecule has 0 atom stereocenters. The highest BCUT2D eigenvalue weighted by Crippen LogP contribution is 2.22. The maximum atomic E-state index is 11.8. The molecule has 0 bridgehead atoms. The van der Waals surface area contributed by atoms with E-state index in [1.54, 1.807) is 0 Å². The van der Waals surface area contributed by atoms with E-state index in [-0.39, 0.29) is 32.7 Å². The van der Waals surface area contributed by atoms with Crippen LogP contribution >= 0.6 is 23.2 Å². The summed E-state index contributed by atoms with van der Waals surface area (Å²) in [5, 5.41) is 26.2. The van der Waals surface area contributed by atoms with E-state index in [9.17, 15) is 18.4 Å². The van der Waals surface area contributed by atoms with Crippen LogP contribution in [-0.4, -0.2) is 33.9 Å². The van der Waals surface area contributed by atoms with Crippen LogP contribution in [0.1, 0.15) is 20.7 Å². The Hall–Kier alpha value is -2.58. The number of hydrogen-bond acceptors (Lipinski definition) is 4. The van der Waals surface area contributed by atoms with Crippen LogP contribution < -0.4 is 4.74 Å². The smallest absolute Gasteiger partial charge is 0.387 e. The van der Waals surface area contributed by atoms with Crippen molar-refractivity contribution in [3.8, 4) is 11.5 Å². The topological polar surface area (TPSA) is 104 Å². The number of phenols is 1. The fourth-order valence-corrected chi connectivity index (χ4v) is 2.01. The van der Waals surface area contributed by atoms with Gasteiger partial charge in [-0.3, -0.25) is 0 Å². The first-order chi connectivity index (χ1) is 11.6. The van der Waals surface area contributed by atoms with E-state index >= 15 is 0 Å². The van der Waals surface area contributed by atoms with Crippen LogP contribution in [0.3, 0.4) is 0 Å². The van der Waals surface area contributed by atoms with Gasteiger partial charge in [-0.15, -0.1) is 0 Å². The second kappa shape index (κ2) is 9.05. The number of hydrogen-bond donors (Lipinski definition) is 3. The highest BCUT2D eigenvalue weighted by molar-refractivity contribution is 6.31. The highest BCUT2D eigenvalue weighted by Gasteiger charge is 2.10. The molecule has 25 heavy (non-hydrogen) atoms. The van der Waals surface area contributed by atoms with Gasteiger partial charge in [0.2, 0.25) is 0 Å². The van der Waals surface area contributed by atoms with Crippen LogP contribution in [0.4, 0.5) is 8.78 Å². The third kappa shape index (κ3) is 7.23. The zero-order chi connectivity index (χ0) is 19.1. The minimum absolute atomic E-state index is 0.0185. The third-order valence-corrected chi connectivity index (χ3v) is 2.91. The largest absolute Gasteiger partial charge is 0.508 e. The van der Waals surface area contributed by atoms with Gasteiger partial charge in [0.25, 0.3) is 0 Å². The summed E-state index contributed by atoms with van der Waals surface area (Å²) in [7, 11) is 0. The Labute approximate surface area is 149 Å². The van der Waals surface area contributed by atoms with Crippen LogP contribution in [-0.2, 0) is 0 Å². The molecule has 0 aliphatic carbocycles. The quantitative estimate of drug-likeness (QED) is 0.710. The number of halogens is 4. The summed E-state index contributed by atoms with van der Waals surface area (Å²) in [4.78, 5) is 20.8. The molecule has 0 radical (unpaired) electrons. The van der Waals surface area contributed by atoms with Gasteiger partial charge in [-0.25, -0.2) is 9.59 Å². The fourth-order valence-electron chi connectivity index (χ4n) is 1.55. The number of ether oxygens (including phenoxy) is 1. The van der Waals surface area contributed by atoms with Crippen molar-refractivity contribution < 1.29 is 38.4 Å². The molecule has 10 heteroatoms. The molecular formula is C15H10Cl2F2O6. The van der Waals surface area contributed by atoms with E-state index < -0.39 is 18.6 Å². The monoisotopic (exact) mass is 394 g/mol. The molecule has 0 aromatic heterocycles. The lowest BCUT2D eigenvalue weighted by molar-refractivity contribution is -0.0499. The Morgan fingerprint density at radius 1 is 0.880 bits per heavy atom. The summed E-state index contributed by atoms with van der Waals surface area (Å²) in [6, 6.07) is 6.90. The number of aromatic hydroxyl groups is 1. The first-order valence-electron chi connectivity index (χ1n) is 6.30. The van der Waals surface area contributed by atoms with Gasteiger partial charge in [-0.2, -0.15) is 8.78 Å². The summed E-state index contributed by atoms with van der Waals surface area (Å²) in [5.41, 5.74) is -0.219. The normalized spacial score (nSPS) is 9.96. The van der Waals surface area contributed by atoms with Gasteiger partial charge in [0.15, 0.2) is 0 Å². The minimum atomic E-state index is -3.00. The van der Waals surface area contributed by atoms with Crippen molar-refractivity contribution in [3.05, 3.63) is 57.6 Å². The summed E-state index contributed by atoms with van der Waals surface area (Å²) in [6.45, 7) is -3.00. The van der Waals surface area contributed by atoms with Crippen LogP contribution in [0.2, 0.25) is 10.0 Å². The van der Waals surface area contributed by atoms with E-state index in [0.29, 0.717) is 0 Å². The van der Waals surface area contributed by atoms with Crippen molar-refractivity contribution in [3.63, 3.8) is 0 Å². The van der Waals surface area contributed by atoms with Crippen molar-refractivity contribution >= 4 is 35.1 Å². The number of rotatable bonds is 4. The lowest BCUT2D eigenvalue weighted by Gasteiger charge is -2.05. The molecule has 0 aliphatic heterocycles. The Morgan fingerprint density at radius 3 is 1.80 bits per heavy atom. The van der Waals surface area contributed by atoms with Gasteiger partial charge in [-0.1, -0.05) is 23.2 Å². The molecule has 0 spiro atoms. The number of benzene rings is 2. The molecule has 0 heterocycles. The van der Waals surface area contributed by atoms with Crippen molar-refractivity contribution in [2.45, 2.75) is 6.61 Å². The molecule has 2 aromatic rings. The molecule has 6 nitrogen and oxygen atoms in total. The van der Waals surface area contributed by atoms with Gasteiger partial charge in [0.1, 0.15) is 11.5 Å². The van der Waals surface area contributed by atoms with Crippen molar-refractivity contribution in [1.29, 1.82) is 0 Å². The number of carbonyl (C=O) groups is 2. The summed E-state index contributed by atoms with van der Waals surface area (Å²) in [5.74, 6) is -2.78. The molecule has 2 rings (SSSR count). The molecular weight excluding hydrogens is 385 g/mol. The Bertz CT molecular complexity index is 762. The number of alkyl halides is 2. The van der Waals surface area contributed by atoms with Crippen LogP contribution in [0.25, 0.3) is 0 Å². The maximum absolute atomic E-state index is 11.8. The lowest BCUT2D eigenvalue weighted by Crippen LogP contribution is -2.03. The highest BCUT2D eigenvalue weighted by atomic mass is 35.5. The van der Waals surface area contributed by atoms with Gasteiger partial charge >= 0.3 is 18.6 Å². The molecule has 134 valence electrons. The maximum Gasteiger partial charge on any atom is 0.387 e. The molecule has 0 unspecified atom stereocenters. The number of aromatic carboxylic acids is 2. The predicted molar refractivity (Wildman–Crippen MR) is 85.1 cm³/mol. The summed E-state index contributed by atoms with van der Waals surface area (Å²) < 4.78 is 27.5. The van der Waals surface area contributed by atoms with Crippen molar-refractivity contribution in [1.82, 2.24) is 0 Å². The van der Waals surface area contributed by atoms with E-state index in [0.717, 1.165) is 24.3 Å². The summed E-state index contributed by atoms with van der Waals surface area (Å²) >= 11 is 11.0. The lowest BCUT2D eigenvalue weighted by atomic mass is 10.2. The Balaban J connectivity index is 0.000000257. The molecule has 0 saturated heterocycles. The van der Waals surface area contributed by atoms with Gasteiger partial charge < -0.3 is 20.1 Å². The number of phenolic OH excluding ortho intramolecular Hbond substituents is 1. The number of carboxylic acids is 2. The standard InChI is InChI=1S/C8H5ClF2O3.C7H5ClO3/c9-5-1-4(7(12)13)2-6(3-5)14-8(10)11;8-5-1-4(7(10)11)2-6(9)3-5/h1-3,8H,(H,12,13);1-3,9H,(H,10,11). The molecule has 0 fully saturated rings. The zero-order valence-corrected chi connectivity index (χ0v) is 13.6. The first-order valence-corrected chi connectivity index (χ1v) is 7.05. The minimum Gasteiger partial charge on any atom is -0.508 e. The predicted octanol–water partition coefficient (Wildman–Crippen LogP) is 4.38. The van der Waals surface area contributed by atoms with Gasteiger partial charge in [0.05, 0.1) is 11.1 Å². The molecule has 0 aliphatic rings. The first kappa shape index (κ1) is 20.5. The van der Waals surface area contributed by atoms with Crippen LogP contribution in [0.5, 0.6) is 11.5 Å². The molecule has 0 amide bonds. The molecule has 2 aromatic carbocycles. The Kier molecular flexibility index (Phi) is 7.41. The van der Waals surface area contributed by atoms with Gasteiger partial charge in [0, 0.05) is 10.0 Å². The van der Waals surface area contributed by atoms with E-state index in [1.807, 2.05) is 0 Å². The van der Waals surface area contributed by atoms with E-state index in [1.165, 1.54) is 12.1 Å². The molecule has 3 N–H and O–H groups in total. The SMILES string of the molecule is O=C(O)c1cc(Cl)cc(OC(F)F)c1.O=C(O)c1cc(O)cc(Cl)c1. The third-order valence-electron chi connectivity index (χ3n) is 2.47. The average molecular weight is 395 g/mol. The zero-order valence-electron chi connectivity index (χ0n) is 12.1. The van der Waals surface area contributed by atoms with E-state index in [4.69, 9.17) is 38.5 Å². The fraction of sp³-hybridized carbons (Fsp3) is 0.0667. The Morgan fingerprint density at radius 2 is 1.36 bits per heavy atom. The second-order valence-corrected chi connectivity index (χ2v) is 5.24. The average Bonchev–Trinajstić information content (AvgIpc) is 2.45. The van der Waals surface area contributed by atoms with Crippen molar-refractivity contribution in [2.24, 2.45) is 0 Å². The van der Waals surface area contributed by atoms with Crippen molar-refractivity contribution in [2.75, 3.05) is 0 Å².